The fourth-order valence-electron chi connectivity index (χ4n) is 7.40. The highest BCUT2D eigenvalue weighted by Gasteiger charge is 2.44. The van der Waals surface area contributed by atoms with Gasteiger partial charge in [0.1, 0.15) is 24.0 Å². The van der Waals surface area contributed by atoms with Crippen molar-refractivity contribution >= 4 is 44.9 Å². The van der Waals surface area contributed by atoms with Crippen LogP contribution in [0.2, 0.25) is 0 Å². The Morgan fingerprint density at radius 2 is 0.867 bits per heavy atom. The molecule has 0 saturated carbocycles. The zero-order valence-electron chi connectivity index (χ0n) is 30.3. The zero-order chi connectivity index (χ0) is 42.8. The maximum absolute atomic E-state index is 17.5. The summed E-state index contributed by atoms with van der Waals surface area (Å²) >= 11 is 0. The Hall–Kier alpha value is -10.2. The molecule has 7 rings (SSSR count). The molecule has 0 heterocycles. The minimum absolute atomic E-state index is 0.0391. The van der Waals surface area contributed by atoms with E-state index < -0.39 is 45.2 Å². The number of benzene rings is 5. The third-order valence-corrected chi connectivity index (χ3v) is 9.84. The molecule has 0 unspecified atom stereocenters. The zero-order valence-corrected chi connectivity index (χ0v) is 30.3. The quantitative estimate of drug-likeness (QED) is 0.129. The van der Waals surface area contributed by atoms with Crippen LogP contribution < -0.4 is 0 Å². The molecule has 0 saturated heterocycles. The molecule has 2 aliphatic carbocycles. The van der Waals surface area contributed by atoms with E-state index in [0.29, 0.717) is 0 Å². The molecule has 0 radical (unpaired) electrons. The summed E-state index contributed by atoms with van der Waals surface area (Å²) in [4.78, 5) is 10.4. The molecule has 0 amide bonds. The Labute approximate surface area is 340 Å². The number of nitriles is 7. The van der Waals surface area contributed by atoms with E-state index in [9.17, 15) is 36.8 Å². The second-order valence-corrected chi connectivity index (χ2v) is 12.9. The van der Waals surface area contributed by atoms with E-state index in [2.05, 4.69) is 14.5 Å². The number of rotatable bonds is 4. The monoisotopic (exact) mass is 768 g/mol. The van der Waals surface area contributed by atoms with Crippen LogP contribution in [-0.4, -0.2) is 0 Å². The molecule has 0 atom stereocenters. The minimum atomic E-state index is -1.20. The molecule has 0 aromatic heterocycles. The van der Waals surface area contributed by atoms with Gasteiger partial charge in [-0.15, -0.1) is 0 Å². The van der Waals surface area contributed by atoms with Gasteiger partial charge >= 0.3 is 0 Å². The van der Waals surface area contributed by atoms with Crippen molar-refractivity contribution in [3.8, 4) is 64.7 Å². The lowest BCUT2D eigenvalue weighted by atomic mass is 9.78. The van der Waals surface area contributed by atoms with Crippen molar-refractivity contribution in [3.05, 3.63) is 186 Å². The van der Waals surface area contributed by atoms with Crippen LogP contribution in [-0.2, 0) is 0 Å². The average Bonchev–Trinajstić information content (AvgIpc) is 3.74. The van der Waals surface area contributed by atoms with Crippen molar-refractivity contribution in [2.45, 2.75) is 0 Å². The van der Waals surface area contributed by atoms with E-state index in [0.717, 1.165) is 0 Å². The highest BCUT2D eigenvalue weighted by Crippen LogP contribution is 2.61. The van der Waals surface area contributed by atoms with Gasteiger partial charge in [-0.3, -0.25) is 0 Å². The van der Waals surface area contributed by atoms with Crippen molar-refractivity contribution < 1.29 is 8.78 Å². The predicted octanol–water partition coefficient (Wildman–Crippen LogP) is 11.3. The van der Waals surface area contributed by atoms with E-state index in [1.165, 1.54) is 84.9 Å². The first-order valence-electron chi connectivity index (χ1n) is 17.1. The average molecular weight is 769 g/mol. The van der Waals surface area contributed by atoms with Crippen molar-refractivity contribution in [1.82, 2.24) is 0 Å². The normalized spacial score (nSPS) is 13.6. The molecular formula is C48H14F2N10. The Morgan fingerprint density at radius 3 is 1.28 bits per heavy atom. The lowest BCUT2D eigenvalue weighted by molar-refractivity contribution is 0.682. The van der Waals surface area contributed by atoms with E-state index in [-0.39, 0.29) is 89.3 Å². The fraction of sp³-hybridized carbons (Fsp3) is 0. The van der Waals surface area contributed by atoms with E-state index in [4.69, 9.17) is 19.7 Å². The molecule has 5 aromatic rings. The topological polar surface area (TPSA) is 180 Å². The van der Waals surface area contributed by atoms with Gasteiger partial charge in [0.05, 0.1) is 83.0 Å². The Morgan fingerprint density at radius 1 is 0.433 bits per heavy atom. The van der Waals surface area contributed by atoms with Gasteiger partial charge in [-0.1, -0.05) is 42.5 Å². The molecule has 12 heteroatoms. The summed E-state index contributed by atoms with van der Waals surface area (Å²) < 4.78 is 35.1. The molecule has 60 heavy (non-hydrogen) atoms. The third kappa shape index (κ3) is 5.85. The third-order valence-electron chi connectivity index (χ3n) is 9.84. The number of allylic oxidation sites excluding steroid dienone is 7. The van der Waals surface area contributed by atoms with E-state index in [1.807, 2.05) is 42.5 Å². The van der Waals surface area contributed by atoms with Crippen LogP contribution in [0.3, 0.4) is 0 Å². The number of nitrogens with zero attached hydrogens (tertiary/aromatic N) is 10. The van der Waals surface area contributed by atoms with Crippen LogP contribution in [0, 0.1) is 99.0 Å². The maximum atomic E-state index is 17.5. The molecular weight excluding hydrogens is 755 g/mol. The molecule has 0 N–H and O–H groups in total. The minimum Gasteiger partial charge on any atom is -0.239 e. The first-order valence-corrected chi connectivity index (χ1v) is 17.1. The first-order chi connectivity index (χ1) is 29.1. The van der Waals surface area contributed by atoms with Gasteiger partial charge in [0.2, 0.25) is 5.70 Å². The van der Waals surface area contributed by atoms with Gasteiger partial charge in [0, 0.05) is 27.8 Å². The van der Waals surface area contributed by atoms with Crippen LogP contribution in [0.1, 0.15) is 55.6 Å². The molecule has 0 bridgehead atoms. The van der Waals surface area contributed by atoms with Gasteiger partial charge in [-0.2, -0.15) is 36.8 Å². The van der Waals surface area contributed by atoms with Crippen LogP contribution in [0.4, 0.5) is 20.2 Å². The number of fused-ring (bicyclic) bond motifs is 2. The molecule has 270 valence electrons. The molecule has 0 fully saturated rings. The van der Waals surface area contributed by atoms with Gasteiger partial charge < -0.3 is 0 Å². The van der Waals surface area contributed by atoms with E-state index in [1.54, 1.807) is 0 Å². The first kappa shape index (κ1) is 38.1. The summed E-state index contributed by atoms with van der Waals surface area (Å²) in [5, 5.41) is 71.4. The number of halogens is 2. The number of hydrogen-bond donors (Lipinski definition) is 0. The summed E-state index contributed by atoms with van der Waals surface area (Å²) in [7, 11) is 0. The molecule has 2 aliphatic rings. The lowest BCUT2D eigenvalue weighted by Crippen LogP contribution is -2.04. The van der Waals surface area contributed by atoms with Gasteiger partial charge in [0.15, 0.2) is 17.2 Å². The summed E-state index contributed by atoms with van der Waals surface area (Å²) in [5.74, 6) is -2.40. The Bertz CT molecular complexity index is 3130. The van der Waals surface area contributed by atoms with Gasteiger partial charge in [0.25, 0.3) is 0 Å². The predicted molar refractivity (Wildman–Crippen MR) is 215 cm³/mol. The van der Waals surface area contributed by atoms with Crippen LogP contribution in [0.5, 0.6) is 0 Å². The second-order valence-electron chi connectivity index (χ2n) is 12.9. The lowest BCUT2D eigenvalue weighted by Gasteiger charge is -2.23. The molecule has 0 aliphatic heterocycles. The fourth-order valence-corrected chi connectivity index (χ4v) is 7.40. The summed E-state index contributed by atoms with van der Waals surface area (Å²) in [6, 6.07) is 32.8. The molecule has 10 nitrogen and oxygen atoms in total. The standard InChI is InChI=1S/C48H14F2N10/c1-58-33-15-32(16-34(17-33)59-2)36(23-56)42-44-38(29-8-4-25(18-51)5-9-29)40-37(24-57)46(49)41(35(22-55)31-13-27(20-53)12-28(14-31)21-54)43(40)39(45(44)48(60-3)47(42)50)30-10-6-26(19-52)7-11-30/h4-17H/b41-35-,42-36-. The number of hydrogen-bond acceptors (Lipinski definition) is 7. The highest BCUT2D eigenvalue weighted by molar-refractivity contribution is 6.25. The van der Waals surface area contributed by atoms with Crippen LogP contribution in [0.25, 0.3) is 70.4 Å². The largest absolute Gasteiger partial charge is 0.239 e. The van der Waals surface area contributed by atoms with Gasteiger partial charge in [-0.25, -0.2) is 23.3 Å². The second kappa shape index (κ2) is 15.2. The maximum Gasteiger partial charge on any atom is 0.231 e. The van der Waals surface area contributed by atoms with Gasteiger partial charge in [-0.05, 0) is 81.4 Å². The van der Waals surface area contributed by atoms with Crippen molar-refractivity contribution in [3.63, 3.8) is 0 Å². The smallest absolute Gasteiger partial charge is 0.231 e. The summed E-state index contributed by atoms with van der Waals surface area (Å²) in [5.41, 5.74) is -3.34. The van der Waals surface area contributed by atoms with Crippen molar-refractivity contribution in [2.24, 2.45) is 0 Å². The summed E-state index contributed by atoms with van der Waals surface area (Å²) in [6.45, 7) is 23.6. The Balaban J connectivity index is 1.83. The van der Waals surface area contributed by atoms with Crippen LogP contribution in [0.15, 0.2) is 96.6 Å². The Kier molecular flexibility index (Phi) is 9.63. The van der Waals surface area contributed by atoms with Crippen LogP contribution >= 0.6 is 0 Å². The van der Waals surface area contributed by atoms with Crippen molar-refractivity contribution in [1.29, 1.82) is 36.8 Å². The van der Waals surface area contributed by atoms with Crippen molar-refractivity contribution in [2.75, 3.05) is 0 Å². The molecule has 5 aromatic carbocycles. The molecule has 0 spiro atoms. The SMILES string of the molecule is [C-]#[N+]C1=C(F)/C(=C(/C#N)c2cc([N+]#[C-])cc([N+]#[C-])c2)c2c1c(-c1ccc(C#N)cc1)c1c(c2-c2ccc(C#N)cc2)C(C#N)=C(F)/C1=C(/C#N)c1cc(C#N)cc(C#N)c1. The summed E-state index contributed by atoms with van der Waals surface area (Å²) in [6.07, 6.45) is 0. The highest BCUT2D eigenvalue weighted by atomic mass is 19.1. The van der Waals surface area contributed by atoms with E-state index >= 15 is 8.78 Å².